The summed E-state index contributed by atoms with van der Waals surface area (Å²) in [6.07, 6.45) is 3.48. The average Bonchev–Trinajstić information content (AvgIpc) is 3.02. The number of nitrogens with one attached hydrogen (secondary N) is 2. The van der Waals surface area contributed by atoms with Crippen molar-refractivity contribution in [2.45, 2.75) is 13.8 Å². The van der Waals surface area contributed by atoms with E-state index < -0.39 is 0 Å². The van der Waals surface area contributed by atoms with E-state index in [1.807, 2.05) is 30.5 Å². The number of amides is 1. The molecule has 0 saturated carbocycles. The minimum atomic E-state index is -0.277. The monoisotopic (exact) mass is 281 g/mol. The summed E-state index contributed by atoms with van der Waals surface area (Å²) in [5, 5.41) is 5.07. The molecule has 0 saturated heterocycles. The van der Waals surface area contributed by atoms with E-state index in [-0.39, 0.29) is 5.91 Å². The number of H-pyrrole nitrogens is 1. The highest BCUT2D eigenvalue weighted by molar-refractivity contribution is 6.00. The van der Waals surface area contributed by atoms with Crippen LogP contribution in [-0.4, -0.2) is 17.1 Å². The lowest BCUT2D eigenvalue weighted by Gasteiger charge is -1.96. The van der Waals surface area contributed by atoms with Crippen molar-refractivity contribution in [2.75, 3.05) is 0 Å². The number of benzene rings is 1. The van der Waals surface area contributed by atoms with E-state index in [0.29, 0.717) is 17.1 Å². The number of aromatic nitrogens is 1. The third-order valence-electron chi connectivity index (χ3n) is 3.28. The van der Waals surface area contributed by atoms with Crippen molar-refractivity contribution in [3.8, 4) is 0 Å². The second kappa shape index (κ2) is 5.28. The fraction of sp³-hybridized carbons (Fsp3) is 0.125. The molecule has 0 radical (unpaired) electrons. The van der Waals surface area contributed by atoms with Crippen LogP contribution in [0.3, 0.4) is 0 Å². The van der Waals surface area contributed by atoms with E-state index in [0.717, 1.165) is 16.5 Å². The maximum absolute atomic E-state index is 12.0. The Balaban J connectivity index is 1.75. The Kier molecular flexibility index (Phi) is 3.31. The molecule has 3 rings (SSSR count). The van der Waals surface area contributed by atoms with Crippen LogP contribution in [0.1, 0.15) is 27.4 Å². The number of fused-ring (bicyclic) bond motifs is 1. The minimum absolute atomic E-state index is 0.277. The van der Waals surface area contributed by atoms with Crippen molar-refractivity contribution in [1.29, 1.82) is 0 Å². The summed E-state index contributed by atoms with van der Waals surface area (Å²) in [5.74, 6) is 1.02. The predicted molar refractivity (Wildman–Crippen MR) is 81.5 cm³/mol. The molecule has 1 amide bonds. The normalized spacial score (nSPS) is 11.3. The second-order valence-corrected chi connectivity index (χ2v) is 4.82. The summed E-state index contributed by atoms with van der Waals surface area (Å²) in [6.45, 7) is 3.56. The zero-order valence-corrected chi connectivity index (χ0v) is 11.8. The van der Waals surface area contributed by atoms with Gasteiger partial charge in [-0.3, -0.25) is 4.79 Å². The summed E-state index contributed by atoms with van der Waals surface area (Å²) < 4.78 is 5.33. The Labute approximate surface area is 121 Å². The first kappa shape index (κ1) is 13.2. The van der Waals surface area contributed by atoms with Crippen LogP contribution < -0.4 is 5.43 Å². The number of aromatic amines is 1. The molecule has 0 fully saturated rings. The summed E-state index contributed by atoms with van der Waals surface area (Å²) >= 11 is 0. The van der Waals surface area contributed by atoms with Gasteiger partial charge in [-0.2, -0.15) is 5.10 Å². The van der Waals surface area contributed by atoms with Crippen LogP contribution in [0.25, 0.3) is 10.9 Å². The van der Waals surface area contributed by atoms with E-state index in [2.05, 4.69) is 15.5 Å². The Morgan fingerprint density at radius 3 is 2.90 bits per heavy atom. The molecule has 0 atom stereocenters. The first-order valence-corrected chi connectivity index (χ1v) is 6.61. The third-order valence-corrected chi connectivity index (χ3v) is 3.28. The molecular formula is C16H15N3O2. The largest absolute Gasteiger partial charge is 0.466 e. The molecule has 0 aliphatic heterocycles. The van der Waals surface area contributed by atoms with Crippen LogP contribution in [0.5, 0.6) is 0 Å². The average molecular weight is 281 g/mol. The highest BCUT2D eigenvalue weighted by Gasteiger charge is 2.12. The summed E-state index contributed by atoms with van der Waals surface area (Å²) in [4.78, 5) is 15.1. The van der Waals surface area contributed by atoms with E-state index in [1.165, 1.54) is 0 Å². The van der Waals surface area contributed by atoms with Gasteiger partial charge in [0.2, 0.25) is 0 Å². The molecule has 2 aromatic heterocycles. The van der Waals surface area contributed by atoms with Gasteiger partial charge in [-0.1, -0.05) is 18.2 Å². The number of hydrogen-bond acceptors (Lipinski definition) is 3. The molecule has 0 unspecified atom stereocenters. The smallest absolute Gasteiger partial charge is 0.274 e. The lowest BCUT2D eigenvalue weighted by Crippen LogP contribution is -2.17. The van der Waals surface area contributed by atoms with Crippen molar-refractivity contribution < 1.29 is 9.21 Å². The molecule has 0 spiro atoms. The zero-order valence-electron chi connectivity index (χ0n) is 11.8. The van der Waals surface area contributed by atoms with Gasteiger partial charge in [0.25, 0.3) is 5.91 Å². The number of hydrogen-bond donors (Lipinski definition) is 2. The maximum atomic E-state index is 12.0. The molecule has 2 N–H and O–H groups in total. The lowest BCUT2D eigenvalue weighted by atomic mass is 10.2. The van der Waals surface area contributed by atoms with Gasteiger partial charge < -0.3 is 9.40 Å². The van der Waals surface area contributed by atoms with Gasteiger partial charge in [-0.15, -0.1) is 0 Å². The number of hydrazone groups is 1. The third kappa shape index (κ3) is 2.58. The summed E-state index contributed by atoms with van der Waals surface area (Å²) in [7, 11) is 0. The fourth-order valence-corrected chi connectivity index (χ4v) is 2.28. The number of rotatable bonds is 3. The van der Waals surface area contributed by atoms with E-state index >= 15 is 0 Å². The van der Waals surface area contributed by atoms with Crippen LogP contribution in [0.2, 0.25) is 0 Å². The first-order chi connectivity index (χ1) is 10.1. The number of para-hydroxylation sites is 1. The topological polar surface area (TPSA) is 70.4 Å². The zero-order chi connectivity index (χ0) is 14.8. The van der Waals surface area contributed by atoms with Gasteiger partial charge in [0.15, 0.2) is 0 Å². The van der Waals surface area contributed by atoms with Gasteiger partial charge in [-0.25, -0.2) is 5.43 Å². The first-order valence-electron chi connectivity index (χ1n) is 6.61. The molecule has 2 heterocycles. The van der Waals surface area contributed by atoms with Crippen LogP contribution in [-0.2, 0) is 0 Å². The molecule has 5 heteroatoms. The van der Waals surface area contributed by atoms with Crippen molar-refractivity contribution in [3.63, 3.8) is 0 Å². The van der Waals surface area contributed by atoms with Gasteiger partial charge in [0.1, 0.15) is 11.5 Å². The lowest BCUT2D eigenvalue weighted by molar-refractivity contribution is 0.0953. The van der Waals surface area contributed by atoms with Crippen LogP contribution in [0.4, 0.5) is 0 Å². The number of furan rings is 1. The Morgan fingerprint density at radius 2 is 2.14 bits per heavy atom. The molecule has 0 bridgehead atoms. The summed E-state index contributed by atoms with van der Waals surface area (Å²) in [5.41, 5.74) is 4.97. The van der Waals surface area contributed by atoms with Crippen molar-refractivity contribution in [3.05, 3.63) is 59.2 Å². The minimum Gasteiger partial charge on any atom is -0.466 e. The SMILES string of the molecule is Cc1cc(C(=O)N/N=C\c2c[nH]c3ccccc23)c(C)o1. The molecule has 3 aromatic rings. The van der Waals surface area contributed by atoms with Crippen LogP contribution in [0.15, 0.2) is 46.0 Å². The number of aryl methyl sites for hydroxylation is 2. The van der Waals surface area contributed by atoms with E-state index in [9.17, 15) is 4.79 Å². The van der Waals surface area contributed by atoms with Crippen molar-refractivity contribution in [2.24, 2.45) is 5.10 Å². The molecule has 106 valence electrons. The summed E-state index contributed by atoms with van der Waals surface area (Å²) in [6, 6.07) is 9.61. The van der Waals surface area contributed by atoms with Gasteiger partial charge >= 0.3 is 0 Å². The van der Waals surface area contributed by atoms with Crippen LogP contribution in [0, 0.1) is 13.8 Å². The van der Waals surface area contributed by atoms with E-state index in [1.54, 1.807) is 26.1 Å². The Morgan fingerprint density at radius 1 is 1.33 bits per heavy atom. The standard InChI is InChI=1S/C16H15N3O2/c1-10-7-14(11(2)21-10)16(20)19-18-9-12-8-17-15-6-4-3-5-13(12)15/h3-9,17H,1-2H3,(H,19,20)/b18-9-. The highest BCUT2D eigenvalue weighted by atomic mass is 16.3. The highest BCUT2D eigenvalue weighted by Crippen LogP contribution is 2.16. The maximum Gasteiger partial charge on any atom is 0.274 e. The van der Waals surface area contributed by atoms with Crippen molar-refractivity contribution >= 4 is 23.0 Å². The van der Waals surface area contributed by atoms with E-state index in [4.69, 9.17) is 4.42 Å². The quantitative estimate of drug-likeness (QED) is 0.572. The molecule has 21 heavy (non-hydrogen) atoms. The molecule has 1 aromatic carbocycles. The van der Waals surface area contributed by atoms with Gasteiger partial charge in [0.05, 0.1) is 11.8 Å². The Bertz CT molecular complexity index is 827. The van der Waals surface area contributed by atoms with Gasteiger partial charge in [-0.05, 0) is 26.0 Å². The molecule has 5 nitrogen and oxygen atoms in total. The molecule has 0 aliphatic rings. The van der Waals surface area contributed by atoms with Crippen LogP contribution >= 0.6 is 0 Å². The number of carbonyl (C=O) groups excluding carboxylic acids is 1. The predicted octanol–water partition coefficient (Wildman–Crippen LogP) is 3.14. The number of nitrogens with zero attached hydrogens (tertiary/aromatic N) is 1. The fourth-order valence-electron chi connectivity index (χ4n) is 2.28. The van der Waals surface area contributed by atoms with Crippen molar-refractivity contribution in [1.82, 2.24) is 10.4 Å². The number of carbonyl (C=O) groups is 1. The molecular weight excluding hydrogens is 266 g/mol. The Hall–Kier alpha value is -2.82. The second-order valence-electron chi connectivity index (χ2n) is 4.82. The molecule has 0 aliphatic carbocycles. The van der Waals surface area contributed by atoms with Gasteiger partial charge in [0, 0.05) is 22.7 Å².